The smallest absolute Gasteiger partial charge is 0.263 e. The maximum Gasteiger partial charge on any atom is 0.263 e. The number of halogens is 6. The fraction of sp³-hybridized carbons (Fsp3) is 0.135. The van der Waals surface area contributed by atoms with Crippen molar-refractivity contribution in [2.45, 2.75) is 52.2 Å². The number of hydrogen-bond acceptors (Lipinski definition) is 21. The minimum Gasteiger partial charge on any atom is -0.280 e. The third-order valence-corrected chi connectivity index (χ3v) is 38.4. The van der Waals surface area contributed by atoms with E-state index in [1.807, 2.05) is 122 Å². The number of para-hydroxylation sites is 2. The fourth-order valence-corrected chi connectivity index (χ4v) is 28.8. The Morgan fingerprint density at radius 2 is 0.647 bits per heavy atom. The number of sulfonamides is 8. The number of rotatable bonds is 20. The number of fused-ring (bicyclic) bond motifs is 4. The molecule has 714 valence electrons. The monoisotopic (exact) mass is 2140 g/mol. The van der Waals surface area contributed by atoms with Crippen molar-refractivity contribution in [3.8, 4) is 45.0 Å². The third kappa shape index (κ3) is 21.8. The van der Waals surface area contributed by atoms with Crippen LogP contribution in [-0.4, -0.2) is 141 Å². The highest BCUT2D eigenvalue weighted by molar-refractivity contribution is 7.95. The molecule has 16 aromatic rings. The summed E-state index contributed by atoms with van der Waals surface area (Å²) in [4.78, 5) is 22.1. The summed E-state index contributed by atoms with van der Waals surface area (Å²) in [6.45, 7) is 3.35. The normalized spacial score (nSPS) is 15.4. The number of benzene rings is 11. The van der Waals surface area contributed by atoms with Crippen LogP contribution in [0.2, 0.25) is 30.1 Å². The Hall–Kier alpha value is -12.1. The van der Waals surface area contributed by atoms with Gasteiger partial charge in [-0.2, -0.15) is 0 Å². The van der Waals surface area contributed by atoms with Crippen molar-refractivity contribution < 1.29 is 67.3 Å². The zero-order valence-corrected chi connectivity index (χ0v) is 83.9. The lowest BCUT2D eigenvalue weighted by Crippen LogP contribution is -2.25. The Morgan fingerprint density at radius 1 is 0.302 bits per heavy atom. The highest BCUT2D eigenvalue weighted by atomic mass is 35.5. The highest BCUT2D eigenvalue weighted by Gasteiger charge is 2.35. The molecule has 4 aliphatic heterocycles. The van der Waals surface area contributed by atoms with Crippen LogP contribution in [0.15, 0.2) is 311 Å². The predicted octanol–water partition coefficient (Wildman–Crippen LogP) is 20.6. The minimum absolute atomic E-state index is 0.0497. The van der Waals surface area contributed by atoms with E-state index in [0.717, 1.165) is 60.3 Å². The van der Waals surface area contributed by atoms with E-state index >= 15 is 0 Å². The highest BCUT2D eigenvalue weighted by Crippen LogP contribution is 2.42. The molecule has 4 N–H and O–H groups in total. The summed E-state index contributed by atoms with van der Waals surface area (Å²) in [5.41, 5.74) is 11.2. The van der Waals surface area contributed by atoms with Crippen molar-refractivity contribution in [1.82, 2.24) is 24.9 Å². The number of aromatic nitrogens is 5. The Labute approximate surface area is 833 Å². The molecule has 0 aliphatic carbocycles. The molecule has 29 nitrogen and oxygen atoms in total. The second-order valence-corrected chi connectivity index (χ2v) is 49.4. The SMILES string of the molecule is Cc1ccc(NS(=O)(=O)c2ccc(N3CCCS3(=O)=O)cc2)cc1-c1ccc2ccccc2n1.O=S(=O)(Nc1ccc(Cl)c(-c2ccc3ccccc3n2)c1)c1ccc(N2CCCS2(=O)=O)cc1Cl.O=S(=O)(Nc1ccc(Cl)c(-c2ccc3cnccc3n2)c1)c1ccc(N2CCCS2(=O)=O)cc1Cl.O=S(=O)(Nc1ccc(Cl)c(-c2nccc3ccccc23)c1)c1ccc(N2CCCS2(=O)=O)cc1Cl. The third-order valence-electron chi connectivity index (χ3n) is 22.9. The first-order valence-electron chi connectivity index (χ1n) is 42.6. The van der Waals surface area contributed by atoms with Crippen molar-refractivity contribution in [3.05, 3.63) is 327 Å². The molecule has 4 saturated heterocycles. The Kier molecular flexibility index (Phi) is 28.3. The van der Waals surface area contributed by atoms with E-state index in [2.05, 4.69) is 38.8 Å². The van der Waals surface area contributed by atoms with Crippen molar-refractivity contribution in [2.24, 2.45) is 0 Å². The van der Waals surface area contributed by atoms with Crippen molar-refractivity contribution in [1.29, 1.82) is 0 Å². The average Bonchev–Trinajstić information content (AvgIpc) is 1.58. The number of hydrogen-bond donors (Lipinski definition) is 4. The predicted molar refractivity (Wildman–Crippen MR) is 553 cm³/mol. The van der Waals surface area contributed by atoms with E-state index in [1.54, 1.807) is 91.4 Å². The summed E-state index contributed by atoms with van der Waals surface area (Å²) in [6, 6.07) is 75.9. The van der Waals surface area contributed by atoms with Crippen LogP contribution in [0.1, 0.15) is 31.2 Å². The molecule has 20 rings (SSSR count). The molecule has 139 heavy (non-hydrogen) atoms. The van der Waals surface area contributed by atoms with Gasteiger partial charge in [0.05, 0.1) is 120 Å². The zero-order chi connectivity index (χ0) is 98.3. The van der Waals surface area contributed by atoms with Crippen LogP contribution in [0.5, 0.6) is 0 Å². The molecule has 0 bridgehead atoms. The topological polar surface area (TPSA) is 399 Å². The van der Waals surface area contributed by atoms with Crippen LogP contribution in [0.3, 0.4) is 0 Å². The van der Waals surface area contributed by atoms with Crippen LogP contribution in [-0.2, 0) is 80.2 Å². The van der Waals surface area contributed by atoms with Gasteiger partial charge in [0.1, 0.15) is 14.7 Å². The molecule has 43 heteroatoms. The lowest BCUT2D eigenvalue weighted by molar-refractivity contribution is 0.597. The lowest BCUT2D eigenvalue weighted by Gasteiger charge is -2.18. The van der Waals surface area contributed by atoms with Crippen LogP contribution < -0.4 is 36.1 Å². The largest absolute Gasteiger partial charge is 0.280 e. The number of anilines is 8. The number of nitrogens with zero attached hydrogens (tertiary/aromatic N) is 9. The molecular formula is C96H79Cl6N13O16S8. The number of pyridine rings is 5. The van der Waals surface area contributed by atoms with Gasteiger partial charge in [-0.3, -0.25) is 46.1 Å². The minimum atomic E-state index is -4.08. The molecule has 0 atom stereocenters. The maximum absolute atomic E-state index is 13.2. The molecule has 0 unspecified atom stereocenters. The standard InChI is InChI=1S/C25H23N3O4S2.2C24H19Cl2N3O4S2.C23H18Cl2N4O4S2/c1-18-7-9-20(17-23(18)25-14-8-19-5-2-3-6-24(19)26-25)27-34(31,32)22-12-10-21(11-13-22)28-15-4-16-33(28,29)30;25-20-9-7-17(14-19(20)23-10-6-16-4-1-2-5-22(16)27-23)28-35(32,33)24-11-8-18(15-21(24)26)29-12-3-13-34(29,30)31;25-21-8-6-17(14-20(21)24-19-5-2-1-4-16(19)10-11-27-24)28-35(32,33)23-9-7-18(15-22(23)26)29-12-3-13-34(29,30)31;24-19-5-3-16(12-18(19)22-6-2-15-14-26-9-8-21(15)27-22)28-35(32,33)23-7-4-17(13-20(23)25)29-10-1-11-34(29,30)31/h2-3,5-14,17,27H,4,15-16H2,1H3;2*1-2,4-11,14-15,28H,3,12-13H2;2-9,12-14,28H,1,10-11H2. The lowest BCUT2D eigenvalue weighted by atomic mass is 10.0. The quantitative estimate of drug-likeness (QED) is 0.0550. The molecule has 4 fully saturated rings. The van der Waals surface area contributed by atoms with Gasteiger partial charge in [0.2, 0.25) is 40.1 Å². The molecular weight excluding hydrogens is 2060 g/mol. The maximum atomic E-state index is 13.2. The van der Waals surface area contributed by atoms with Crippen LogP contribution in [0.4, 0.5) is 45.5 Å². The fourth-order valence-electron chi connectivity index (χ4n) is 16.1. The summed E-state index contributed by atoms with van der Waals surface area (Å²) in [7, 11) is -29.7. The molecule has 0 spiro atoms. The molecule has 0 saturated carbocycles. The number of nitrogens with one attached hydrogen (secondary N) is 4. The van der Waals surface area contributed by atoms with Gasteiger partial charge in [-0.25, -0.2) is 82.3 Å². The van der Waals surface area contributed by atoms with Gasteiger partial charge < -0.3 is 0 Å². The van der Waals surface area contributed by atoms with Gasteiger partial charge in [0.15, 0.2) is 0 Å². The summed E-state index contributed by atoms with van der Waals surface area (Å²) >= 11 is 38.1. The Morgan fingerprint density at radius 3 is 1.06 bits per heavy atom. The molecule has 5 aromatic heterocycles. The summed E-state index contributed by atoms with van der Waals surface area (Å²) in [5.74, 6) is 0.262. The number of aryl methyl sites for hydroxylation is 1. The first kappa shape index (κ1) is 98.6. The van der Waals surface area contributed by atoms with Gasteiger partial charge in [-0.05, 0) is 238 Å². The first-order valence-corrected chi connectivity index (χ1v) is 57.2. The summed E-state index contributed by atoms with van der Waals surface area (Å²) < 4.78 is 217. The molecule has 4 aliphatic rings. The van der Waals surface area contributed by atoms with Crippen LogP contribution >= 0.6 is 69.6 Å². The van der Waals surface area contributed by atoms with E-state index in [1.165, 1.54) is 102 Å². The summed E-state index contributed by atoms with van der Waals surface area (Å²) in [5, 5.41) is 5.73. The average molecular weight is 2140 g/mol. The summed E-state index contributed by atoms with van der Waals surface area (Å²) in [6.07, 6.45) is 7.09. The van der Waals surface area contributed by atoms with Crippen molar-refractivity contribution in [3.63, 3.8) is 0 Å². The Balaban J connectivity index is 0.000000128. The van der Waals surface area contributed by atoms with E-state index in [4.69, 9.17) is 74.6 Å². The van der Waals surface area contributed by atoms with Gasteiger partial charge in [-0.15, -0.1) is 0 Å². The van der Waals surface area contributed by atoms with E-state index in [9.17, 15) is 67.3 Å². The van der Waals surface area contributed by atoms with Crippen LogP contribution in [0, 0.1) is 6.92 Å². The first-order chi connectivity index (χ1) is 66.2. The van der Waals surface area contributed by atoms with Gasteiger partial charge in [0, 0.05) is 111 Å². The molecule has 0 amide bonds. The van der Waals surface area contributed by atoms with Crippen molar-refractivity contribution >= 4 is 239 Å². The van der Waals surface area contributed by atoms with Gasteiger partial charge in [-0.1, -0.05) is 148 Å². The van der Waals surface area contributed by atoms with Gasteiger partial charge >= 0.3 is 0 Å². The van der Waals surface area contributed by atoms with E-state index in [0.29, 0.717) is 129 Å². The second kappa shape index (κ2) is 39.9. The molecule has 9 heterocycles. The zero-order valence-electron chi connectivity index (χ0n) is 72.8. The van der Waals surface area contributed by atoms with Gasteiger partial charge in [0.25, 0.3) is 40.1 Å². The second-order valence-electron chi connectivity index (χ2n) is 32.3. The van der Waals surface area contributed by atoms with Crippen molar-refractivity contribution in [2.75, 3.05) is 85.3 Å². The van der Waals surface area contributed by atoms with E-state index < -0.39 is 80.2 Å². The van der Waals surface area contributed by atoms with Crippen LogP contribution in [0.25, 0.3) is 88.5 Å². The van der Waals surface area contributed by atoms with E-state index in [-0.39, 0.29) is 74.7 Å². The Bertz CT molecular complexity index is 8360. The molecule has 11 aromatic carbocycles. The molecule has 0 radical (unpaired) electrons.